The normalized spacial score (nSPS) is 25.5. The van der Waals surface area contributed by atoms with Crippen LogP contribution in [0.25, 0.3) is 10.9 Å². The van der Waals surface area contributed by atoms with Gasteiger partial charge in [0.25, 0.3) is 0 Å². The number of carboxylic acid groups (broad SMARTS) is 1. The highest BCUT2D eigenvalue weighted by atomic mass is 19.1. The number of pyridine rings is 1. The van der Waals surface area contributed by atoms with Gasteiger partial charge in [-0.3, -0.25) is 4.79 Å². The van der Waals surface area contributed by atoms with Crippen molar-refractivity contribution in [1.29, 1.82) is 5.26 Å². The molecule has 156 valence electrons. The van der Waals surface area contributed by atoms with Crippen LogP contribution in [0.3, 0.4) is 0 Å². The van der Waals surface area contributed by atoms with Gasteiger partial charge in [0.05, 0.1) is 16.6 Å². The Morgan fingerprint density at radius 1 is 1.43 bits per heavy atom. The van der Waals surface area contributed by atoms with Crippen molar-refractivity contribution in [2.45, 2.75) is 30.9 Å². The minimum atomic E-state index is -1.37. The molecule has 1 aliphatic carbocycles. The molecular weight excluding hydrogens is 391 g/mol. The molecule has 2 saturated heterocycles. The fraction of sp³-hybridized carbons (Fsp3) is 0.476. The van der Waals surface area contributed by atoms with Crippen molar-refractivity contribution in [3.8, 4) is 6.07 Å². The van der Waals surface area contributed by atoms with E-state index in [4.69, 9.17) is 10.5 Å². The quantitative estimate of drug-likeness (QED) is 0.782. The highest BCUT2D eigenvalue weighted by Gasteiger charge is 2.51. The van der Waals surface area contributed by atoms with Gasteiger partial charge in [-0.15, -0.1) is 0 Å². The van der Waals surface area contributed by atoms with Crippen molar-refractivity contribution in [2.24, 2.45) is 11.7 Å². The minimum Gasteiger partial charge on any atom is -0.477 e. The monoisotopic (exact) mass is 412 g/mol. The number of aromatic carboxylic acids is 1. The van der Waals surface area contributed by atoms with Gasteiger partial charge >= 0.3 is 5.97 Å². The molecule has 8 nitrogen and oxygen atoms in total. The number of fused-ring (bicyclic) bond motifs is 2. The predicted octanol–water partition coefficient (Wildman–Crippen LogP) is 1.60. The van der Waals surface area contributed by atoms with Crippen molar-refractivity contribution in [1.82, 2.24) is 4.57 Å². The van der Waals surface area contributed by atoms with Crippen LogP contribution in [0.4, 0.5) is 10.1 Å². The highest BCUT2D eigenvalue weighted by Crippen LogP contribution is 2.44. The fourth-order valence-electron chi connectivity index (χ4n) is 5.02. The third kappa shape index (κ3) is 2.57. The molecule has 5 rings (SSSR count). The number of carboxylic acids is 1. The van der Waals surface area contributed by atoms with Crippen LogP contribution >= 0.6 is 0 Å². The van der Waals surface area contributed by atoms with Crippen LogP contribution < -0.4 is 16.1 Å². The Balaban J connectivity index is 1.75. The second kappa shape index (κ2) is 6.52. The van der Waals surface area contributed by atoms with Crippen molar-refractivity contribution in [3.63, 3.8) is 0 Å². The molecule has 9 heteroatoms. The Morgan fingerprint density at radius 3 is 2.80 bits per heavy atom. The summed E-state index contributed by atoms with van der Waals surface area (Å²) in [6, 6.07) is 3.16. The summed E-state index contributed by atoms with van der Waals surface area (Å²) in [4.78, 5) is 26.1. The Hall–Kier alpha value is -2.96. The first kappa shape index (κ1) is 19.0. The van der Waals surface area contributed by atoms with Crippen LogP contribution in [0.5, 0.6) is 0 Å². The van der Waals surface area contributed by atoms with E-state index in [1.54, 1.807) is 9.47 Å². The number of nitriles is 1. The lowest BCUT2D eigenvalue weighted by Gasteiger charge is -2.27. The van der Waals surface area contributed by atoms with Gasteiger partial charge in [0.2, 0.25) is 5.43 Å². The molecule has 2 atom stereocenters. The molecule has 3 fully saturated rings. The van der Waals surface area contributed by atoms with E-state index in [0.717, 1.165) is 25.3 Å². The number of halogens is 1. The van der Waals surface area contributed by atoms with Crippen molar-refractivity contribution in [2.75, 3.05) is 31.1 Å². The van der Waals surface area contributed by atoms with Crippen molar-refractivity contribution in [3.05, 3.63) is 39.4 Å². The maximum atomic E-state index is 15.3. The van der Waals surface area contributed by atoms with E-state index in [1.807, 2.05) is 0 Å². The van der Waals surface area contributed by atoms with Crippen LogP contribution in [-0.2, 0) is 4.74 Å². The van der Waals surface area contributed by atoms with E-state index in [2.05, 4.69) is 6.07 Å². The van der Waals surface area contributed by atoms with Crippen molar-refractivity contribution >= 4 is 22.6 Å². The number of anilines is 1. The molecule has 2 aromatic rings. The highest BCUT2D eigenvalue weighted by molar-refractivity contribution is 5.96. The summed E-state index contributed by atoms with van der Waals surface area (Å²) in [6.45, 7) is 1.79. The Morgan fingerprint density at radius 2 is 2.20 bits per heavy atom. The molecule has 0 spiro atoms. The summed E-state index contributed by atoms with van der Waals surface area (Å²) in [5.74, 6) is -1.94. The zero-order valence-corrected chi connectivity index (χ0v) is 16.2. The molecule has 3 N–H and O–H groups in total. The van der Waals surface area contributed by atoms with E-state index in [0.29, 0.717) is 31.8 Å². The predicted molar refractivity (Wildman–Crippen MR) is 106 cm³/mol. The van der Waals surface area contributed by atoms with E-state index in [1.165, 1.54) is 6.20 Å². The number of hydrogen-bond acceptors (Lipinski definition) is 6. The largest absolute Gasteiger partial charge is 0.477 e. The number of nitrogens with two attached hydrogens (primary N) is 1. The molecule has 0 radical (unpaired) electrons. The lowest BCUT2D eigenvalue weighted by atomic mass is 9.91. The van der Waals surface area contributed by atoms with Gasteiger partial charge in [0.15, 0.2) is 0 Å². The summed E-state index contributed by atoms with van der Waals surface area (Å²) >= 11 is 0. The van der Waals surface area contributed by atoms with Crippen molar-refractivity contribution < 1.29 is 19.0 Å². The molecule has 1 aromatic carbocycles. The van der Waals surface area contributed by atoms with Gasteiger partial charge in [-0.1, -0.05) is 0 Å². The Labute approximate surface area is 171 Å². The molecular formula is C21H21FN4O4. The van der Waals surface area contributed by atoms with Crippen LogP contribution in [0, 0.1) is 23.1 Å². The average molecular weight is 412 g/mol. The van der Waals surface area contributed by atoms with Crippen LogP contribution in [0.2, 0.25) is 0 Å². The smallest absolute Gasteiger partial charge is 0.341 e. The molecule has 1 aromatic heterocycles. The summed E-state index contributed by atoms with van der Waals surface area (Å²) < 4.78 is 22.9. The number of ether oxygens (including phenoxy) is 1. The number of aromatic nitrogens is 1. The van der Waals surface area contributed by atoms with Gasteiger partial charge < -0.3 is 25.0 Å². The number of carbonyl (C=O) groups is 1. The van der Waals surface area contributed by atoms with E-state index >= 15 is 4.39 Å². The van der Waals surface area contributed by atoms with Crippen LogP contribution in [0.1, 0.15) is 41.2 Å². The molecule has 0 unspecified atom stereocenters. The molecule has 3 aliphatic rings. The number of benzene rings is 1. The first-order valence-corrected chi connectivity index (χ1v) is 10.0. The van der Waals surface area contributed by atoms with Gasteiger partial charge in [0, 0.05) is 44.4 Å². The fourth-order valence-corrected chi connectivity index (χ4v) is 5.02. The number of hydrogen-bond donors (Lipinski definition) is 2. The number of rotatable bonds is 4. The molecule has 30 heavy (non-hydrogen) atoms. The third-order valence-electron chi connectivity index (χ3n) is 6.68. The molecule has 3 heterocycles. The van der Waals surface area contributed by atoms with E-state index in [9.17, 15) is 20.0 Å². The summed E-state index contributed by atoms with van der Waals surface area (Å²) in [5.41, 5.74) is 4.70. The molecule has 1 saturated carbocycles. The Kier molecular flexibility index (Phi) is 4.14. The summed E-state index contributed by atoms with van der Waals surface area (Å²) in [7, 11) is 0. The second-order valence-electron chi connectivity index (χ2n) is 8.39. The lowest BCUT2D eigenvalue weighted by Crippen LogP contribution is -2.44. The maximum Gasteiger partial charge on any atom is 0.341 e. The molecule has 2 aliphatic heterocycles. The van der Waals surface area contributed by atoms with Gasteiger partial charge in [-0.05, 0) is 25.3 Å². The summed E-state index contributed by atoms with van der Waals surface area (Å²) in [5, 5.41) is 19.3. The number of nitrogens with zero attached hydrogens (tertiary/aromatic N) is 3. The zero-order chi connectivity index (χ0) is 21.2. The molecule has 0 amide bonds. The van der Waals surface area contributed by atoms with Gasteiger partial charge in [0.1, 0.15) is 28.6 Å². The van der Waals surface area contributed by atoms with E-state index < -0.39 is 28.4 Å². The topological polar surface area (TPSA) is 122 Å². The average Bonchev–Trinajstić information content (AvgIpc) is 3.39. The lowest BCUT2D eigenvalue weighted by molar-refractivity contribution is 0.0126. The zero-order valence-electron chi connectivity index (χ0n) is 16.2. The van der Waals surface area contributed by atoms with E-state index in [-0.39, 0.29) is 28.6 Å². The summed E-state index contributed by atoms with van der Waals surface area (Å²) in [6.07, 6.45) is 3.73. The van der Waals surface area contributed by atoms with Gasteiger partial charge in [-0.2, -0.15) is 5.26 Å². The van der Waals surface area contributed by atoms with Crippen LogP contribution in [-0.4, -0.2) is 47.5 Å². The Bertz CT molecular complexity index is 1180. The standard InChI is InChI=1S/C21H21FN4O4/c22-16-5-13-17(26(12-1-2-12)8-15(19(13)27)20(28)29)14(6-23)18(16)25-7-11-3-4-30-21(11,9-24)10-25/h5,8,11-12H,1-4,7,9-10,24H2,(H,28,29)/t11-,21+/m1/s1. The van der Waals surface area contributed by atoms with Gasteiger partial charge in [-0.25, -0.2) is 9.18 Å². The minimum absolute atomic E-state index is 0.00622. The SMILES string of the molecule is N#Cc1c(N2C[C@H]3CCO[C@@]3(CN)C2)c(F)cc2c(=O)c(C(=O)O)cn(C3CC3)c12. The maximum absolute atomic E-state index is 15.3. The third-order valence-corrected chi connectivity index (χ3v) is 6.68. The first-order chi connectivity index (χ1) is 14.4. The molecule has 0 bridgehead atoms. The van der Waals surface area contributed by atoms with Crippen LogP contribution in [0.15, 0.2) is 17.1 Å². The second-order valence-corrected chi connectivity index (χ2v) is 8.39. The first-order valence-electron chi connectivity index (χ1n) is 10.0.